The molecule has 0 aliphatic carbocycles. The van der Waals surface area contributed by atoms with E-state index in [1.807, 2.05) is 6.20 Å². The first-order chi connectivity index (χ1) is 12.4. The Morgan fingerprint density at radius 3 is 2.50 bits per heavy atom. The topological polar surface area (TPSA) is 31.9 Å². The molecule has 3 nitrogen and oxygen atoms in total. The quantitative estimate of drug-likeness (QED) is 0.746. The van der Waals surface area contributed by atoms with Crippen molar-refractivity contribution in [2.24, 2.45) is 5.41 Å². The van der Waals surface area contributed by atoms with Gasteiger partial charge in [0.1, 0.15) is 12.0 Å². The molecular weight excluding hydrogens is 325 g/mol. The Kier molecular flexibility index (Phi) is 6.00. The third-order valence-electron chi connectivity index (χ3n) is 5.68. The molecule has 3 rings (SSSR count). The molecule has 142 valence electrons. The van der Waals surface area contributed by atoms with Crippen molar-refractivity contribution in [3.8, 4) is 0 Å². The van der Waals surface area contributed by atoms with E-state index < -0.39 is 6.17 Å². The summed E-state index contributed by atoms with van der Waals surface area (Å²) in [5.74, 6) is 1.07. The van der Waals surface area contributed by atoms with Crippen LogP contribution in [0.1, 0.15) is 57.1 Å². The van der Waals surface area contributed by atoms with Crippen LogP contribution in [0.25, 0.3) is 0 Å². The van der Waals surface area contributed by atoms with Crippen LogP contribution in [0.15, 0.2) is 30.5 Å². The molecule has 0 atom stereocenters. The molecule has 1 saturated heterocycles. The number of piperidine rings is 1. The molecule has 1 aromatic carbocycles. The summed E-state index contributed by atoms with van der Waals surface area (Å²) in [6.45, 7) is 8.48. The van der Waals surface area contributed by atoms with Crippen LogP contribution in [0, 0.1) is 5.41 Å². The predicted octanol–water partition coefficient (Wildman–Crippen LogP) is 5.11. The number of alkyl halides is 1. The van der Waals surface area contributed by atoms with Crippen LogP contribution in [0.3, 0.4) is 0 Å². The molecule has 0 radical (unpaired) electrons. The maximum absolute atomic E-state index is 13.3. The molecule has 0 unspecified atom stereocenters. The van der Waals surface area contributed by atoms with E-state index in [0.717, 1.165) is 44.6 Å². The molecule has 4 heteroatoms. The van der Waals surface area contributed by atoms with Crippen molar-refractivity contribution in [2.45, 2.75) is 65.5 Å². The van der Waals surface area contributed by atoms with Gasteiger partial charge in [-0.2, -0.15) is 0 Å². The normalized spacial score (nSPS) is 16.2. The average molecular weight is 358 g/mol. The number of benzene rings is 1. The molecule has 1 aliphatic heterocycles. The van der Waals surface area contributed by atoms with E-state index >= 15 is 0 Å². The number of imidazole rings is 1. The molecule has 26 heavy (non-hydrogen) atoms. The first kappa shape index (κ1) is 18.9. The first-order valence-corrected chi connectivity index (χ1v) is 9.96. The Morgan fingerprint density at radius 1 is 1.15 bits per heavy atom. The second-order valence-electron chi connectivity index (χ2n) is 8.38. The third kappa shape index (κ3) is 5.09. The second-order valence-corrected chi connectivity index (χ2v) is 8.38. The van der Waals surface area contributed by atoms with Gasteiger partial charge in [-0.1, -0.05) is 39.3 Å². The number of anilines is 1. The molecule has 1 aromatic heterocycles. The SMILES string of the molecule is CCC(C)(C)Cc1cnc(CCc2ccc(N3CCC(F)CC3)cc2)[nH]1. The number of nitrogens with one attached hydrogen (secondary N) is 1. The highest BCUT2D eigenvalue weighted by Gasteiger charge is 2.19. The van der Waals surface area contributed by atoms with Crippen molar-refractivity contribution in [1.82, 2.24) is 9.97 Å². The Bertz CT molecular complexity index is 682. The van der Waals surface area contributed by atoms with E-state index in [-0.39, 0.29) is 0 Å². The zero-order valence-electron chi connectivity index (χ0n) is 16.4. The van der Waals surface area contributed by atoms with Gasteiger partial charge in [0, 0.05) is 37.1 Å². The van der Waals surface area contributed by atoms with Crippen LogP contribution in [0.4, 0.5) is 10.1 Å². The van der Waals surface area contributed by atoms with E-state index in [4.69, 9.17) is 0 Å². The van der Waals surface area contributed by atoms with Crippen molar-refractivity contribution in [3.63, 3.8) is 0 Å². The zero-order valence-corrected chi connectivity index (χ0v) is 16.4. The fourth-order valence-corrected chi connectivity index (χ4v) is 3.51. The lowest BCUT2D eigenvalue weighted by molar-refractivity contribution is 0.277. The minimum atomic E-state index is -0.619. The minimum absolute atomic E-state index is 0.316. The third-order valence-corrected chi connectivity index (χ3v) is 5.68. The Balaban J connectivity index is 1.51. The molecule has 1 fully saturated rings. The first-order valence-electron chi connectivity index (χ1n) is 9.96. The van der Waals surface area contributed by atoms with E-state index in [0.29, 0.717) is 18.3 Å². The van der Waals surface area contributed by atoms with Crippen LogP contribution < -0.4 is 4.90 Å². The van der Waals surface area contributed by atoms with Crippen molar-refractivity contribution in [3.05, 3.63) is 47.5 Å². The fraction of sp³-hybridized carbons (Fsp3) is 0.591. The highest BCUT2D eigenvalue weighted by molar-refractivity contribution is 5.48. The summed E-state index contributed by atoms with van der Waals surface area (Å²) in [6, 6.07) is 8.73. The molecule has 0 bridgehead atoms. The smallest absolute Gasteiger partial charge is 0.106 e. The Morgan fingerprint density at radius 2 is 1.85 bits per heavy atom. The monoisotopic (exact) mass is 357 g/mol. The molecule has 1 aliphatic rings. The number of halogens is 1. The number of hydrogen-bond acceptors (Lipinski definition) is 2. The summed E-state index contributed by atoms with van der Waals surface area (Å²) in [5.41, 5.74) is 4.08. The van der Waals surface area contributed by atoms with E-state index in [9.17, 15) is 4.39 Å². The molecule has 0 saturated carbocycles. The average Bonchev–Trinajstić information content (AvgIpc) is 3.08. The van der Waals surface area contributed by atoms with Gasteiger partial charge in [-0.15, -0.1) is 0 Å². The lowest BCUT2D eigenvalue weighted by Crippen LogP contribution is -2.34. The number of rotatable bonds is 7. The number of aromatic nitrogens is 2. The van der Waals surface area contributed by atoms with Crippen molar-refractivity contribution in [1.29, 1.82) is 0 Å². The Hall–Kier alpha value is -1.84. The number of aryl methyl sites for hydroxylation is 2. The number of hydrogen-bond donors (Lipinski definition) is 1. The van der Waals surface area contributed by atoms with Gasteiger partial charge < -0.3 is 9.88 Å². The molecular formula is C22H32FN3. The highest BCUT2D eigenvalue weighted by Crippen LogP contribution is 2.25. The lowest BCUT2D eigenvalue weighted by atomic mass is 9.85. The molecule has 0 amide bonds. The van der Waals surface area contributed by atoms with E-state index in [2.05, 4.69) is 59.9 Å². The Labute approximate surface area is 157 Å². The molecule has 2 aromatic rings. The minimum Gasteiger partial charge on any atom is -0.371 e. The molecule has 2 heterocycles. The van der Waals surface area contributed by atoms with Gasteiger partial charge in [-0.05, 0) is 48.8 Å². The summed E-state index contributed by atoms with van der Waals surface area (Å²) in [7, 11) is 0. The van der Waals surface area contributed by atoms with Crippen LogP contribution in [-0.2, 0) is 19.3 Å². The van der Waals surface area contributed by atoms with Crippen molar-refractivity contribution in [2.75, 3.05) is 18.0 Å². The summed E-state index contributed by atoms with van der Waals surface area (Å²) >= 11 is 0. The van der Waals surface area contributed by atoms with Crippen molar-refractivity contribution >= 4 is 5.69 Å². The molecule has 1 N–H and O–H groups in total. The maximum Gasteiger partial charge on any atom is 0.106 e. The van der Waals surface area contributed by atoms with Crippen molar-refractivity contribution < 1.29 is 4.39 Å². The largest absolute Gasteiger partial charge is 0.371 e. The second kappa shape index (κ2) is 8.24. The van der Waals surface area contributed by atoms with E-state index in [1.54, 1.807) is 0 Å². The van der Waals surface area contributed by atoms with E-state index in [1.165, 1.54) is 16.9 Å². The van der Waals surface area contributed by atoms with Gasteiger partial charge in [-0.25, -0.2) is 9.37 Å². The zero-order chi connectivity index (χ0) is 18.6. The summed E-state index contributed by atoms with van der Waals surface area (Å²) < 4.78 is 13.3. The number of nitrogens with zero attached hydrogens (tertiary/aromatic N) is 2. The van der Waals surface area contributed by atoms with Gasteiger partial charge in [0.25, 0.3) is 0 Å². The summed E-state index contributed by atoms with van der Waals surface area (Å²) in [4.78, 5) is 10.3. The van der Waals surface area contributed by atoms with Crippen LogP contribution in [0.2, 0.25) is 0 Å². The van der Waals surface area contributed by atoms with Gasteiger partial charge in [0.05, 0.1) is 0 Å². The summed E-state index contributed by atoms with van der Waals surface area (Å²) in [5, 5.41) is 0. The van der Waals surface area contributed by atoms with Gasteiger partial charge >= 0.3 is 0 Å². The fourth-order valence-electron chi connectivity index (χ4n) is 3.51. The standard InChI is InChI=1S/C22H32FN3/c1-4-22(2,3)15-19-16-24-21(25-19)10-7-17-5-8-20(9-6-17)26-13-11-18(23)12-14-26/h5-6,8-9,16,18H,4,7,10-15H2,1-3H3,(H,24,25). The molecule has 0 spiro atoms. The van der Waals surface area contributed by atoms with Crippen LogP contribution >= 0.6 is 0 Å². The van der Waals surface area contributed by atoms with Crippen LogP contribution in [-0.4, -0.2) is 29.2 Å². The van der Waals surface area contributed by atoms with Crippen LogP contribution in [0.5, 0.6) is 0 Å². The maximum atomic E-state index is 13.3. The number of aromatic amines is 1. The number of H-pyrrole nitrogens is 1. The summed E-state index contributed by atoms with van der Waals surface area (Å²) in [6.07, 6.45) is 6.79. The lowest BCUT2D eigenvalue weighted by Gasteiger charge is -2.30. The van der Waals surface area contributed by atoms with Gasteiger partial charge in [0.15, 0.2) is 0 Å². The highest BCUT2D eigenvalue weighted by atomic mass is 19.1. The predicted molar refractivity (Wildman–Crippen MR) is 107 cm³/mol. The van der Waals surface area contributed by atoms with Gasteiger partial charge in [0.2, 0.25) is 0 Å². The van der Waals surface area contributed by atoms with Gasteiger partial charge in [-0.3, -0.25) is 0 Å².